The molecule has 2 aromatic heterocycles. The van der Waals surface area contributed by atoms with E-state index in [4.69, 9.17) is 0 Å². The van der Waals surface area contributed by atoms with Crippen LogP contribution in [0.3, 0.4) is 0 Å². The molecule has 2 nitrogen and oxygen atoms in total. The predicted octanol–water partition coefficient (Wildman–Crippen LogP) is 4.50. The Bertz CT molecular complexity index is 716. The van der Waals surface area contributed by atoms with E-state index in [2.05, 4.69) is 57.5 Å². The smallest absolute Gasteiger partial charge is 0.150 e. The number of benzene rings is 1. The summed E-state index contributed by atoms with van der Waals surface area (Å²) in [6.45, 7) is 1.01. The zero-order valence-electron chi connectivity index (χ0n) is 10.9. The predicted molar refractivity (Wildman–Crippen MR) is 85.4 cm³/mol. The summed E-state index contributed by atoms with van der Waals surface area (Å²) in [6, 6.07) is 13.0. The van der Waals surface area contributed by atoms with Crippen LogP contribution >= 0.6 is 23.1 Å². The highest BCUT2D eigenvalue weighted by Crippen LogP contribution is 2.40. The van der Waals surface area contributed by atoms with Crippen molar-refractivity contribution in [3.05, 3.63) is 59.7 Å². The van der Waals surface area contributed by atoms with Crippen molar-refractivity contribution in [1.29, 1.82) is 0 Å². The third-order valence-corrected chi connectivity index (χ3v) is 5.79. The van der Waals surface area contributed by atoms with Gasteiger partial charge in [-0.3, -0.25) is 0 Å². The van der Waals surface area contributed by atoms with Crippen LogP contribution in [0.5, 0.6) is 0 Å². The molecule has 0 aliphatic carbocycles. The maximum atomic E-state index is 4.52. The number of hydrogen-bond donors (Lipinski definition) is 0. The van der Waals surface area contributed by atoms with E-state index in [9.17, 15) is 0 Å². The Balaban J connectivity index is 1.64. The van der Waals surface area contributed by atoms with Gasteiger partial charge in [0, 0.05) is 35.5 Å². The molecule has 1 aromatic carbocycles. The van der Waals surface area contributed by atoms with Crippen molar-refractivity contribution in [2.24, 2.45) is 0 Å². The monoisotopic (exact) mass is 298 g/mol. The van der Waals surface area contributed by atoms with Crippen molar-refractivity contribution in [2.75, 3.05) is 5.75 Å². The van der Waals surface area contributed by atoms with Gasteiger partial charge in [-0.15, -0.1) is 23.1 Å². The number of nitrogens with zero attached hydrogens (tertiary/aromatic N) is 2. The normalized spacial score (nSPS) is 17.3. The third kappa shape index (κ3) is 2.09. The fourth-order valence-electron chi connectivity index (χ4n) is 2.71. The van der Waals surface area contributed by atoms with Gasteiger partial charge in [0.15, 0.2) is 0 Å². The number of hydrogen-bond acceptors (Lipinski definition) is 3. The lowest BCUT2D eigenvalue weighted by Gasteiger charge is -2.13. The zero-order valence-corrected chi connectivity index (χ0v) is 12.5. The second-order valence-corrected chi connectivity index (χ2v) is 6.94. The molecular formula is C16H14N2S2. The summed E-state index contributed by atoms with van der Waals surface area (Å²) in [5, 5.41) is 2.11. The van der Waals surface area contributed by atoms with Gasteiger partial charge < -0.3 is 4.57 Å². The average molecular weight is 298 g/mol. The minimum atomic E-state index is 0.587. The maximum Gasteiger partial charge on any atom is 0.150 e. The third-order valence-electron chi connectivity index (χ3n) is 3.67. The van der Waals surface area contributed by atoms with Crippen LogP contribution in [0.4, 0.5) is 0 Å². The summed E-state index contributed by atoms with van der Waals surface area (Å²) in [7, 11) is 0. The van der Waals surface area contributed by atoms with Gasteiger partial charge in [0.05, 0.1) is 4.88 Å². The van der Waals surface area contributed by atoms with Crippen molar-refractivity contribution in [2.45, 2.75) is 17.4 Å². The Morgan fingerprint density at radius 2 is 2.15 bits per heavy atom. The van der Waals surface area contributed by atoms with Crippen LogP contribution in [0.15, 0.2) is 59.1 Å². The van der Waals surface area contributed by atoms with Crippen molar-refractivity contribution in [3.8, 4) is 10.7 Å². The minimum Gasteiger partial charge on any atom is -0.330 e. The molecule has 3 aromatic rings. The Morgan fingerprint density at radius 3 is 3.05 bits per heavy atom. The van der Waals surface area contributed by atoms with Gasteiger partial charge in [0.25, 0.3) is 0 Å². The number of thiophene rings is 1. The number of fused-ring (bicyclic) bond motifs is 1. The molecule has 100 valence electrons. The maximum absolute atomic E-state index is 4.52. The van der Waals surface area contributed by atoms with E-state index in [0.717, 1.165) is 12.4 Å². The summed E-state index contributed by atoms with van der Waals surface area (Å²) >= 11 is 3.72. The highest BCUT2D eigenvalue weighted by atomic mass is 32.2. The molecule has 1 aliphatic heterocycles. The summed E-state index contributed by atoms with van der Waals surface area (Å²) in [5.41, 5.74) is 1.49. The van der Waals surface area contributed by atoms with Crippen LogP contribution < -0.4 is 0 Å². The SMILES string of the molecule is c1csc(-c2nccn2CC2CSc3ccccc32)c1. The van der Waals surface area contributed by atoms with Gasteiger partial charge in [-0.1, -0.05) is 24.3 Å². The topological polar surface area (TPSA) is 17.8 Å². The highest BCUT2D eigenvalue weighted by molar-refractivity contribution is 7.99. The molecule has 0 amide bonds. The lowest BCUT2D eigenvalue weighted by atomic mass is 10.0. The Labute approximate surface area is 126 Å². The molecule has 1 atom stereocenters. The summed E-state index contributed by atoms with van der Waals surface area (Å²) < 4.78 is 2.29. The van der Waals surface area contributed by atoms with E-state index in [1.807, 2.05) is 18.0 Å². The van der Waals surface area contributed by atoms with E-state index >= 15 is 0 Å². The second kappa shape index (κ2) is 5.11. The number of imidazole rings is 1. The molecule has 0 bridgehead atoms. The molecule has 4 rings (SSSR count). The molecule has 3 heterocycles. The molecule has 1 unspecified atom stereocenters. The van der Waals surface area contributed by atoms with Crippen molar-refractivity contribution >= 4 is 23.1 Å². The summed E-state index contributed by atoms with van der Waals surface area (Å²) in [6.07, 6.45) is 4.00. The van der Waals surface area contributed by atoms with E-state index in [0.29, 0.717) is 5.92 Å². The first-order valence-electron chi connectivity index (χ1n) is 6.68. The van der Waals surface area contributed by atoms with Crippen LogP contribution in [0.1, 0.15) is 11.5 Å². The van der Waals surface area contributed by atoms with Crippen LogP contribution in [0, 0.1) is 0 Å². The average Bonchev–Trinajstić information content (AvgIpc) is 3.19. The summed E-state index contributed by atoms with van der Waals surface area (Å²) in [5.74, 6) is 2.85. The first-order chi connectivity index (χ1) is 9.92. The van der Waals surface area contributed by atoms with Crippen molar-refractivity contribution in [1.82, 2.24) is 9.55 Å². The molecule has 0 fully saturated rings. The minimum absolute atomic E-state index is 0.587. The lowest BCUT2D eigenvalue weighted by molar-refractivity contribution is 0.611. The molecule has 0 N–H and O–H groups in total. The van der Waals surface area contributed by atoms with E-state index < -0.39 is 0 Å². The second-order valence-electron chi connectivity index (χ2n) is 4.93. The Hall–Kier alpha value is -1.52. The van der Waals surface area contributed by atoms with E-state index in [1.165, 1.54) is 21.1 Å². The van der Waals surface area contributed by atoms with Gasteiger partial charge in [0.2, 0.25) is 0 Å². The van der Waals surface area contributed by atoms with Gasteiger partial charge >= 0.3 is 0 Å². The molecule has 0 radical (unpaired) electrons. The first-order valence-corrected chi connectivity index (χ1v) is 8.55. The largest absolute Gasteiger partial charge is 0.330 e. The highest BCUT2D eigenvalue weighted by Gasteiger charge is 2.23. The standard InChI is InChI=1S/C16H14N2S2/c1-2-5-14-13(4-1)12(11-20-14)10-18-8-7-17-16(18)15-6-3-9-19-15/h1-9,12H,10-11H2. The van der Waals surface area contributed by atoms with Crippen molar-refractivity contribution in [3.63, 3.8) is 0 Å². The quantitative estimate of drug-likeness (QED) is 0.708. The van der Waals surface area contributed by atoms with Gasteiger partial charge in [-0.05, 0) is 23.1 Å². The number of rotatable bonds is 3. The van der Waals surface area contributed by atoms with Crippen LogP contribution in [0.25, 0.3) is 10.7 Å². The van der Waals surface area contributed by atoms with E-state index in [-0.39, 0.29) is 0 Å². The molecule has 0 saturated heterocycles. The molecule has 0 spiro atoms. The lowest BCUT2D eigenvalue weighted by Crippen LogP contribution is -2.09. The summed E-state index contributed by atoms with van der Waals surface area (Å²) in [4.78, 5) is 7.21. The molecule has 4 heteroatoms. The van der Waals surface area contributed by atoms with Crippen LogP contribution in [-0.2, 0) is 6.54 Å². The zero-order chi connectivity index (χ0) is 13.4. The van der Waals surface area contributed by atoms with Gasteiger partial charge in [-0.25, -0.2) is 4.98 Å². The Kier molecular flexibility index (Phi) is 3.13. The van der Waals surface area contributed by atoms with Crippen molar-refractivity contribution < 1.29 is 0 Å². The molecule has 0 saturated carbocycles. The number of aromatic nitrogens is 2. The van der Waals surface area contributed by atoms with Crippen LogP contribution in [0.2, 0.25) is 0 Å². The fourth-order valence-corrected chi connectivity index (χ4v) is 4.68. The first kappa shape index (κ1) is 12.2. The number of thioether (sulfide) groups is 1. The molecule has 20 heavy (non-hydrogen) atoms. The van der Waals surface area contributed by atoms with Gasteiger partial charge in [0.1, 0.15) is 5.82 Å². The van der Waals surface area contributed by atoms with E-state index in [1.54, 1.807) is 11.3 Å². The van der Waals surface area contributed by atoms with Gasteiger partial charge in [-0.2, -0.15) is 0 Å². The fraction of sp³-hybridized carbons (Fsp3) is 0.188. The molecular weight excluding hydrogens is 284 g/mol. The Morgan fingerprint density at radius 1 is 1.20 bits per heavy atom. The molecule has 1 aliphatic rings. The van der Waals surface area contributed by atoms with Crippen LogP contribution in [-0.4, -0.2) is 15.3 Å².